The Bertz CT molecular complexity index is 446. The topological polar surface area (TPSA) is 73.6 Å². The van der Waals surface area contributed by atoms with Crippen LogP contribution in [0, 0.1) is 0 Å². The first-order valence-corrected chi connectivity index (χ1v) is 5.42. The van der Waals surface area contributed by atoms with Crippen LogP contribution < -0.4 is 20.5 Å². The van der Waals surface area contributed by atoms with Gasteiger partial charge in [-0.05, 0) is 29.7 Å². The van der Waals surface area contributed by atoms with Crippen molar-refractivity contribution in [1.29, 1.82) is 0 Å². The molecule has 1 heterocycles. The summed E-state index contributed by atoms with van der Waals surface area (Å²) >= 11 is 0. The number of rotatable bonds is 3. The quantitative estimate of drug-likeness (QED) is 0.786. The second kappa shape index (κ2) is 4.63. The van der Waals surface area contributed by atoms with E-state index in [9.17, 15) is 4.79 Å². The summed E-state index contributed by atoms with van der Waals surface area (Å²) in [7, 11) is 3.20. The molecule has 1 aliphatic heterocycles. The fraction of sp³-hybridized carbons (Fsp3) is 0.417. The average molecular weight is 236 g/mol. The largest absolute Gasteiger partial charge is 0.493 e. The van der Waals surface area contributed by atoms with Crippen molar-refractivity contribution < 1.29 is 14.3 Å². The highest BCUT2D eigenvalue weighted by Gasteiger charge is 2.23. The maximum atomic E-state index is 11.1. The van der Waals surface area contributed by atoms with Crippen LogP contribution in [0.2, 0.25) is 0 Å². The lowest BCUT2D eigenvalue weighted by Gasteiger charge is -2.25. The number of hydrogen-bond acceptors (Lipinski definition) is 4. The smallest absolute Gasteiger partial charge is 0.234 e. The summed E-state index contributed by atoms with van der Waals surface area (Å²) in [6.07, 6.45) is 0.588. The number of carbonyl (C=O) groups excluding carboxylic acids is 1. The summed E-state index contributed by atoms with van der Waals surface area (Å²) in [6, 6.07) is 3.53. The van der Waals surface area contributed by atoms with Crippen molar-refractivity contribution >= 4 is 5.91 Å². The van der Waals surface area contributed by atoms with E-state index >= 15 is 0 Å². The maximum absolute atomic E-state index is 11.1. The van der Waals surface area contributed by atoms with Crippen LogP contribution in [0.3, 0.4) is 0 Å². The fourth-order valence-electron chi connectivity index (χ4n) is 2.04. The van der Waals surface area contributed by atoms with Crippen LogP contribution in [0.5, 0.6) is 11.5 Å². The molecule has 1 amide bonds. The molecule has 0 aromatic heterocycles. The monoisotopic (exact) mass is 236 g/mol. The molecule has 1 aromatic rings. The zero-order valence-corrected chi connectivity index (χ0v) is 9.95. The minimum atomic E-state index is -0.328. The lowest BCUT2D eigenvalue weighted by Crippen LogP contribution is -2.45. The number of benzene rings is 1. The van der Waals surface area contributed by atoms with Crippen molar-refractivity contribution in [2.24, 2.45) is 5.73 Å². The van der Waals surface area contributed by atoms with E-state index in [1.54, 1.807) is 14.2 Å². The molecule has 0 aliphatic carbocycles. The Labute approximate surface area is 99.9 Å². The zero-order chi connectivity index (χ0) is 12.4. The van der Waals surface area contributed by atoms with Crippen LogP contribution in [-0.4, -0.2) is 26.2 Å². The minimum absolute atomic E-state index is 0.305. The highest BCUT2D eigenvalue weighted by Crippen LogP contribution is 2.32. The first kappa shape index (κ1) is 11.7. The van der Waals surface area contributed by atoms with Crippen molar-refractivity contribution in [3.8, 4) is 11.5 Å². The van der Waals surface area contributed by atoms with E-state index in [-0.39, 0.29) is 11.9 Å². The number of amides is 1. The number of carbonyl (C=O) groups is 1. The first-order valence-electron chi connectivity index (χ1n) is 5.42. The molecule has 3 N–H and O–H groups in total. The molecule has 5 nitrogen and oxygen atoms in total. The highest BCUT2D eigenvalue weighted by molar-refractivity contribution is 5.80. The lowest BCUT2D eigenvalue weighted by atomic mass is 9.95. The van der Waals surface area contributed by atoms with Gasteiger partial charge in [0, 0.05) is 6.54 Å². The number of primary amides is 1. The van der Waals surface area contributed by atoms with Gasteiger partial charge in [-0.3, -0.25) is 4.79 Å². The van der Waals surface area contributed by atoms with Gasteiger partial charge in [-0.1, -0.05) is 0 Å². The minimum Gasteiger partial charge on any atom is -0.493 e. The molecule has 0 bridgehead atoms. The number of methoxy groups -OCH3 is 2. The summed E-state index contributed by atoms with van der Waals surface area (Å²) in [5.41, 5.74) is 7.48. The third-order valence-corrected chi connectivity index (χ3v) is 3.01. The molecule has 0 radical (unpaired) electrons. The molecule has 17 heavy (non-hydrogen) atoms. The molecular weight excluding hydrogens is 220 g/mol. The Kier molecular flexibility index (Phi) is 3.19. The lowest BCUT2D eigenvalue weighted by molar-refractivity contribution is -0.120. The fourth-order valence-corrected chi connectivity index (χ4v) is 2.04. The summed E-state index contributed by atoms with van der Waals surface area (Å²) < 4.78 is 10.5. The third-order valence-electron chi connectivity index (χ3n) is 3.01. The molecule has 0 spiro atoms. The second-order valence-corrected chi connectivity index (χ2v) is 4.02. The molecule has 1 aromatic carbocycles. The summed E-state index contributed by atoms with van der Waals surface area (Å²) in [6.45, 7) is 0.614. The van der Waals surface area contributed by atoms with Crippen molar-refractivity contribution in [2.45, 2.75) is 19.0 Å². The van der Waals surface area contributed by atoms with E-state index in [4.69, 9.17) is 15.2 Å². The van der Waals surface area contributed by atoms with E-state index in [0.29, 0.717) is 24.5 Å². The van der Waals surface area contributed by atoms with Gasteiger partial charge in [-0.25, -0.2) is 0 Å². The molecule has 1 aliphatic rings. The molecule has 5 heteroatoms. The number of nitrogens with one attached hydrogen (secondary N) is 1. The van der Waals surface area contributed by atoms with Gasteiger partial charge in [0.1, 0.15) is 0 Å². The van der Waals surface area contributed by atoms with Gasteiger partial charge in [-0.2, -0.15) is 0 Å². The Morgan fingerprint density at radius 3 is 2.41 bits per heavy atom. The van der Waals surface area contributed by atoms with Gasteiger partial charge < -0.3 is 20.5 Å². The summed E-state index contributed by atoms with van der Waals surface area (Å²) in [5, 5.41) is 3.09. The summed E-state index contributed by atoms with van der Waals surface area (Å²) in [5.74, 6) is 1.05. The van der Waals surface area contributed by atoms with E-state index in [1.807, 2.05) is 12.1 Å². The molecule has 2 rings (SSSR count). The van der Waals surface area contributed by atoms with Gasteiger partial charge in [0.05, 0.1) is 20.3 Å². The van der Waals surface area contributed by atoms with E-state index in [0.717, 1.165) is 11.1 Å². The maximum Gasteiger partial charge on any atom is 0.234 e. The van der Waals surface area contributed by atoms with Gasteiger partial charge >= 0.3 is 0 Å². The third kappa shape index (κ3) is 2.19. The standard InChI is InChI=1S/C12H16N2O3/c1-16-10-4-7-3-9(12(13)15)14-6-8(7)5-11(10)17-2/h4-5,9,14H,3,6H2,1-2H3,(H2,13,15). The zero-order valence-electron chi connectivity index (χ0n) is 9.95. The van der Waals surface area contributed by atoms with Crippen molar-refractivity contribution in [2.75, 3.05) is 14.2 Å². The van der Waals surface area contributed by atoms with Crippen LogP contribution in [0.25, 0.3) is 0 Å². The van der Waals surface area contributed by atoms with Gasteiger partial charge in [0.25, 0.3) is 0 Å². The Morgan fingerprint density at radius 1 is 1.29 bits per heavy atom. The molecule has 1 unspecified atom stereocenters. The van der Waals surface area contributed by atoms with E-state index in [2.05, 4.69) is 5.32 Å². The van der Waals surface area contributed by atoms with Crippen LogP contribution in [0.15, 0.2) is 12.1 Å². The predicted molar refractivity (Wildman–Crippen MR) is 63.1 cm³/mol. The van der Waals surface area contributed by atoms with Gasteiger partial charge in [-0.15, -0.1) is 0 Å². The van der Waals surface area contributed by atoms with Crippen molar-refractivity contribution in [3.63, 3.8) is 0 Å². The number of fused-ring (bicyclic) bond motifs is 1. The van der Waals surface area contributed by atoms with Crippen LogP contribution in [-0.2, 0) is 17.8 Å². The number of hydrogen-bond donors (Lipinski definition) is 2. The van der Waals surface area contributed by atoms with Crippen LogP contribution >= 0.6 is 0 Å². The first-order chi connectivity index (χ1) is 8.15. The van der Waals surface area contributed by atoms with Crippen molar-refractivity contribution in [3.05, 3.63) is 23.3 Å². The normalized spacial score (nSPS) is 18.4. The van der Waals surface area contributed by atoms with Gasteiger partial charge in [0.15, 0.2) is 11.5 Å². The molecule has 1 atom stereocenters. The Balaban J connectivity index is 2.35. The predicted octanol–water partition coefficient (Wildman–Crippen LogP) is 0.203. The van der Waals surface area contributed by atoms with Crippen LogP contribution in [0.1, 0.15) is 11.1 Å². The number of nitrogens with two attached hydrogens (primary N) is 1. The highest BCUT2D eigenvalue weighted by atomic mass is 16.5. The van der Waals surface area contributed by atoms with E-state index in [1.165, 1.54) is 0 Å². The second-order valence-electron chi connectivity index (χ2n) is 4.02. The molecule has 0 fully saturated rings. The Morgan fingerprint density at radius 2 is 1.88 bits per heavy atom. The Hall–Kier alpha value is -1.75. The molecule has 0 saturated carbocycles. The SMILES string of the molecule is COc1cc2c(cc1OC)CC(C(N)=O)NC2. The van der Waals surface area contributed by atoms with Crippen molar-refractivity contribution in [1.82, 2.24) is 5.32 Å². The molecule has 92 valence electrons. The molecular formula is C12H16N2O3. The van der Waals surface area contributed by atoms with Gasteiger partial charge in [0.2, 0.25) is 5.91 Å². The number of ether oxygens (including phenoxy) is 2. The van der Waals surface area contributed by atoms with Crippen LogP contribution in [0.4, 0.5) is 0 Å². The van der Waals surface area contributed by atoms with E-state index < -0.39 is 0 Å². The average Bonchev–Trinajstić information content (AvgIpc) is 2.36. The molecule has 0 saturated heterocycles. The summed E-state index contributed by atoms with van der Waals surface area (Å²) in [4.78, 5) is 11.1.